The molecule has 4 heteroatoms. The first kappa shape index (κ1) is 12.2. The topological polar surface area (TPSA) is 31.4 Å². The van der Waals surface area contributed by atoms with Crippen molar-refractivity contribution in [3.63, 3.8) is 0 Å². The molecule has 2 aromatic rings. The molecular weight excluding hydrogens is 226 g/mol. The van der Waals surface area contributed by atoms with Crippen molar-refractivity contribution in [2.24, 2.45) is 0 Å². The van der Waals surface area contributed by atoms with Gasteiger partial charge in [-0.25, -0.2) is 11.3 Å². The van der Waals surface area contributed by atoms with Gasteiger partial charge in [0.15, 0.2) is 0 Å². The fraction of sp³-hybridized carbons (Fsp3) is 0.286. The van der Waals surface area contributed by atoms with Crippen LogP contribution in [-0.4, -0.2) is 15.9 Å². The second-order valence-electron chi connectivity index (χ2n) is 4.23. The van der Waals surface area contributed by atoms with Gasteiger partial charge in [-0.3, -0.25) is 0 Å². The number of benzene rings is 1. The third kappa shape index (κ3) is 2.89. The Morgan fingerprint density at radius 3 is 2.61 bits per heavy atom. The molecule has 1 aromatic heterocycles. The van der Waals surface area contributed by atoms with Crippen LogP contribution in [0.2, 0.25) is 0 Å². The molecule has 0 atom stereocenters. The molecule has 0 bridgehead atoms. The van der Waals surface area contributed by atoms with E-state index in [1.54, 1.807) is 4.68 Å². The van der Waals surface area contributed by atoms with Crippen molar-refractivity contribution >= 4 is 0 Å². The molecule has 0 saturated carbocycles. The Bertz CT molecular complexity index is 549. The summed E-state index contributed by atoms with van der Waals surface area (Å²) in [6, 6.07) is 9.60. The summed E-state index contributed by atoms with van der Waals surface area (Å²) in [6.07, 6.45) is 2.03. The highest BCUT2D eigenvalue weighted by Gasteiger charge is 2.03. The van der Waals surface area contributed by atoms with Gasteiger partial charge < -0.3 is 9.58 Å². The average Bonchev–Trinajstić information content (AvgIpc) is 2.78. The van der Waals surface area contributed by atoms with E-state index in [1.807, 2.05) is 50.4 Å². The molecule has 0 aliphatic carbocycles. The van der Waals surface area contributed by atoms with Crippen molar-refractivity contribution in [2.75, 3.05) is 0 Å². The third-order valence-corrected chi connectivity index (χ3v) is 2.36. The van der Waals surface area contributed by atoms with E-state index in [2.05, 4.69) is 9.94 Å². The summed E-state index contributed by atoms with van der Waals surface area (Å²) in [5.74, 6) is 0.849. The molecule has 2 rings (SSSR count). The molecule has 92 valence electrons. The van der Waals surface area contributed by atoms with E-state index in [4.69, 9.17) is 11.3 Å². The van der Waals surface area contributed by atoms with Gasteiger partial charge in [0.25, 0.3) is 6.54 Å². The predicted octanol–water partition coefficient (Wildman–Crippen LogP) is 3.08. The van der Waals surface area contributed by atoms with E-state index in [1.165, 1.54) is 0 Å². The Balaban J connectivity index is 2.15. The van der Waals surface area contributed by atoms with Gasteiger partial charge in [0.2, 0.25) is 0 Å². The van der Waals surface area contributed by atoms with E-state index < -0.39 is 0 Å². The van der Waals surface area contributed by atoms with Gasteiger partial charge in [0, 0.05) is 6.20 Å². The van der Waals surface area contributed by atoms with Gasteiger partial charge in [-0.1, -0.05) is 0 Å². The van der Waals surface area contributed by atoms with Gasteiger partial charge in [0.05, 0.1) is 11.8 Å². The van der Waals surface area contributed by atoms with Crippen molar-refractivity contribution in [3.05, 3.63) is 53.6 Å². The van der Waals surface area contributed by atoms with Crippen LogP contribution in [-0.2, 0) is 6.54 Å². The van der Waals surface area contributed by atoms with Crippen LogP contribution in [0.25, 0.3) is 10.5 Å². The second-order valence-corrected chi connectivity index (χ2v) is 4.23. The normalized spacial score (nSPS) is 10.3. The highest BCUT2D eigenvalue weighted by molar-refractivity contribution is 5.37. The van der Waals surface area contributed by atoms with Gasteiger partial charge in [-0.2, -0.15) is 5.10 Å². The number of aromatic nitrogens is 2. The molecule has 0 spiro atoms. The second kappa shape index (κ2) is 5.37. The van der Waals surface area contributed by atoms with Gasteiger partial charge in [-0.15, -0.1) is 0 Å². The van der Waals surface area contributed by atoms with Crippen molar-refractivity contribution in [1.29, 1.82) is 0 Å². The minimum Gasteiger partial charge on any atom is -0.491 e. The molecule has 0 saturated heterocycles. The van der Waals surface area contributed by atoms with Crippen LogP contribution in [0.3, 0.4) is 0 Å². The molecule has 0 N–H and O–H groups in total. The number of rotatable bonds is 4. The fourth-order valence-electron chi connectivity index (χ4n) is 1.62. The van der Waals surface area contributed by atoms with E-state index in [0.29, 0.717) is 6.54 Å². The molecule has 0 aliphatic heterocycles. The van der Waals surface area contributed by atoms with Gasteiger partial charge in [0.1, 0.15) is 11.4 Å². The van der Waals surface area contributed by atoms with Crippen LogP contribution in [0.15, 0.2) is 36.5 Å². The van der Waals surface area contributed by atoms with Crippen LogP contribution in [0.1, 0.15) is 19.5 Å². The quantitative estimate of drug-likeness (QED) is 0.770. The first-order chi connectivity index (χ1) is 8.69. The highest BCUT2D eigenvalue weighted by atomic mass is 16.5. The predicted molar refractivity (Wildman–Crippen MR) is 69.6 cm³/mol. The average molecular weight is 241 g/mol. The number of nitrogens with zero attached hydrogens (tertiary/aromatic N) is 3. The summed E-state index contributed by atoms with van der Waals surface area (Å²) in [5, 5.41) is 4.32. The van der Waals surface area contributed by atoms with E-state index in [9.17, 15) is 0 Å². The van der Waals surface area contributed by atoms with Crippen molar-refractivity contribution < 1.29 is 4.74 Å². The lowest BCUT2D eigenvalue weighted by Gasteiger charge is -2.10. The molecule has 0 aliphatic rings. The standard InChI is InChI=1S/C14H15N3O/c1-11(2)18-14-6-4-13(5-7-14)17-9-8-12(16-17)10-15-3/h4-9,11H,10H2,1-2H3. The van der Waals surface area contributed by atoms with E-state index >= 15 is 0 Å². The monoisotopic (exact) mass is 241 g/mol. The molecular formula is C14H15N3O. The third-order valence-electron chi connectivity index (χ3n) is 2.36. The number of hydrogen-bond acceptors (Lipinski definition) is 2. The van der Waals surface area contributed by atoms with Crippen molar-refractivity contribution in [1.82, 2.24) is 9.78 Å². The summed E-state index contributed by atoms with van der Waals surface area (Å²) < 4.78 is 7.34. The van der Waals surface area contributed by atoms with Gasteiger partial charge in [-0.05, 0) is 44.2 Å². The zero-order valence-corrected chi connectivity index (χ0v) is 10.5. The van der Waals surface area contributed by atoms with Crippen LogP contribution in [0, 0.1) is 6.57 Å². The number of hydrogen-bond donors (Lipinski definition) is 0. The largest absolute Gasteiger partial charge is 0.491 e. The fourth-order valence-corrected chi connectivity index (χ4v) is 1.62. The summed E-state index contributed by atoms with van der Waals surface area (Å²) in [7, 11) is 0. The zero-order chi connectivity index (χ0) is 13.0. The highest BCUT2D eigenvalue weighted by Crippen LogP contribution is 2.16. The maximum Gasteiger partial charge on any atom is 0.258 e. The Hall–Kier alpha value is -2.28. The summed E-state index contributed by atoms with van der Waals surface area (Å²) in [6.45, 7) is 11.1. The van der Waals surface area contributed by atoms with Crippen molar-refractivity contribution in [3.8, 4) is 11.4 Å². The molecule has 0 amide bonds. The lowest BCUT2D eigenvalue weighted by molar-refractivity contribution is 0.242. The minimum atomic E-state index is 0.172. The summed E-state index contributed by atoms with van der Waals surface area (Å²) >= 11 is 0. The molecule has 0 unspecified atom stereocenters. The Labute approximate surface area is 107 Å². The zero-order valence-electron chi connectivity index (χ0n) is 10.5. The first-order valence-electron chi connectivity index (χ1n) is 5.84. The van der Waals surface area contributed by atoms with Crippen molar-refractivity contribution in [2.45, 2.75) is 26.5 Å². The lowest BCUT2D eigenvalue weighted by Crippen LogP contribution is -2.05. The Morgan fingerprint density at radius 1 is 1.28 bits per heavy atom. The lowest BCUT2D eigenvalue weighted by atomic mass is 10.3. The van der Waals surface area contributed by atoms with Crippen LogP contribution < -0.4 is 4.74 Å². The summed E-state index contributed by atoms with van der Waals surface area (Å²) in [4.78, 5) is 3.31. The van der Waals surface area contributed by atoms with Crippen LogP contribution in [0.4, 0.5) is 0 Å². The van der Waals surface area contributed by atoms with E-state index in [-0.39, 0.29) is 6.10 Å². The first-order valence-corrected chi connectivity index (χ1v) is 5.84. The molecule has 0 radical (unpaired) electrons. The van der Waals surface area contributed by atoms with Crippen LogP contribution >= 0.6 is 0 Å². The maximum atomic E-state index is 6.81. The molecule has 1 heterocycles. The summed E-state index contributed by atoms with van der Waals surface area (Å²) in [5.41, 5.74) is 1.75. The van der Waals surface area contributed by atoms with Gasteiger partial charge >= 0.3 is 0 Å². The Kier molecular flexibility index (Phi) is 3.63. The van der Waals surface area contributed by atoms with E-state index in [0.717, 1.165) is 17.1 Å². The molecule has 1 aromatic carbocycles. The molecule has 18 heavy (non-hydrogen) atoms. The number of ether oxygens (including phenoxy) is 1. The maximum absolute atomic E-state index is 6.81. The SMILES string of the molecule is [C-]#[N+]Cc1ccn(-c2ccc(OC(C)C)cc2)n1. The Morgan fingerprint density at radius 2 is 2.00 bits per heavy atom. The van der Waals surface area contributed by atoms with Crippen LogP contribution in [0.5, 0.6) is 5.75 Å². The smallest absolute Gasteiger partial charge is 0.258 e. The minimum absolute atomic E-state index is 0.172. The molecule has 0 fully saturated rings. The molecule has 4 nitrogen and oxygen atoms in total.